The first-order valence-electron chi connectivity index (χ1n) is 14.9. The fourth-order valence-corrected chi connectivity index (χ4v) is 6.70. The van der Waals surface area contributed by atoms with E-state index in [1.165, 1.54) is 10.2 Å². The van der Waals surface area contributed by atoms with Crippen molar-refractivity contribution in [1.82, 2.24) is 14.8 Å². The zero-order valence-electron chi connectivity index (χ0n) is 27.5. The van der Waals surface area contributed by atoms with Crippen LogP contribution >= 0.6 is 0 Å². The number of hydrogen-bond donors (Lipinski definition) is 0. The van der Waals surface area contributed by atoms with Crippen LogP contribution in [0.1, 0.15) is 106 Å². The van der Waals surface area contributed by atoms with Gasteiger partial charge in [-0.3, -0.25) is 4.79 Å². The minimum absolute atomic E-state index is 0. The Bertz CT molecular complexity index is 1310. The van der Waals surface area contributed by atoms with E-state index >= 15 is 0 Å². The van der Waals surface area contributed by atoms with Gasteiger partial charge in [-0.05, 0) is 40.6 Å². The maximum absolute atomic E-state index is 13.7. The molecular formula is C34H47N4NaO3. The van der Waals surface area contributed by atoms with Crippen molar-refractivity contribution in [2.24, 2.45) is 28.6 Å². The van der Waals surface area contributed by atoms with Crippen molar-refractivity contribution in [3.05, 3.63) is 53.3 Å². The first kappa shape index (κ1) is 34.4. The van der Waals surface area contributed by atoms with Gasteiger partial charge in [0.25, 0.3) is 6.04 Å². The molecule has 222 valence electrons. The molecule has 1 saturated carbocycles. The van der Waals surface area contributed by atoms with Crippen LogP contribution in [0.3, 0.4) is 0 Å². The average molecular weight is 583 g/mol. The van der Waals surface area contributed by atoms with Gasteiger partial charge in [-0.15, -0.1) is 11.4 Å². The number of rotatable bonds is 4. The van der Waals surface area contributed by atoms with E-state index in [1.54, 1.807) is 0 Å². The van der Waals surface area contributed by atoms with Gasteiger partial charge in [-0.25, -0.2) is 16.2 Å². The van der Waals surface area contributed by atoms with Crippen LogP contribution in [0.5, 0.6) is 0 Å². The normalized spacial score (nSPS) is 27.2. The van der Waals surface area contributed by atoms with E-state index in [0.717, 1.165) is 18.4 Å². The number of ether oxygens (including phenoxy) is 1. The fourth-order valence-electron chi connectivity index (χ4n) is 6.70. The molecule has 8 heteroatoms. The summed E-state index contributed by atoms with van der Waals surface area (Å²) < 4.78 is 7.87. The van der Waals surface area contributed by atoms with Gasteiger partial charge in [0, 0.05) is 17.4 Å². The van der Waals surface area contributed by atoms with Crippen molar-refractivity contribution in [3.63, 3.8) is 0 Å². The van der Waals surface area contributed by atoms with Crippen LogP contribution in [-0.2, 0) is 14.9 Å². The largest absolute Gasteiger partial charge is 1.00 e. The van der Waals surface area contributed by atoms with Crippen LogP contribution < -0.4 is 34.7 Å². The summed E-state index contributed by atoms with van der Waals surface area (Å²) in [6, 6.07) is 7.25. The predicted octanol–water partition coefficient (Wildman–Crippen LogP) is 3.85. The molecule has 7 nitrogen and oxygen atoms in total. The Morgan fingerprint density at radius 3 is 2.05 bits per heavy atom. The zero-order chi connectivity index (χ0) is 30.5. The third-order valence-corrected chi connectivity index (χ3v) is 9.15. The van der Waals surface area contributed by atoms with Crippen LogP contribution in [0.2, 0.25) is 0 Å². The predicted molar refractivity (Wildman–Crippen MR) is 160 cm³/mol. The number of fused-ring (bicyclic) bond motifs is 1. The Morgan fingerprint density at radius 1 is 1.05 bits per heavy atom. The molecule has 0 N–H and O–H groups in total. The van der Waals surface area contributed by atoms with E-state index in [2.05, 4.69) is 91.3 Å². The third kappa shape index (κ3) is 6.98. The SMILES string of the molecule is [C-]#[N+]C1/C(=C/[O-])n2nc(-c3ccc(C(C)(C)C)cc3)nc2C1CC(=O)OC1C(C(C)(C)C)CC(C)CC1C(C)(C)C.[Na+]. The molecule has 0 radical (unpaired) electrons. The fraction of sp³-hybridized carbons (Fsp3) is 0.647. The monoisotopic (exact) mass is 582 g/mol. The topological polar surface area (TPSA) is 84.4 Å². The van der Waals surface area contributed by atoms with E-state index in [4.69, 9.17) is 16.3 Å². The third-order valence-electron chi connectivity index (χ3n) is 9.15. The van der Waals surface area contributed by atoms with Crippen molar-refractivity contribution in [1.29, 1.82) is 0 Å². The minimum Gasteiger partial charge on any atom is -0.876 e. The zero-order valence-corrected chi connectivity index (χ0v) is 29.5. The van der Waals surface area contributed by atoms with Crippen molar-refractivity contribution >= 4 is 11.7 Å². The molecule has 1 aliphatic carbocycles. The standard InChI is InChI=1S/C34H48N4O3.Na/c1-20-16-24(33(5,6)7)29(25(17-20)34(8,9)10)41-27(40)18-23-28(35-11)26(19-39)38-31(23)36-30(37-38)21-12-14-22(15-13-21)32(2,3)4;/h12-15,19-20,23-25,28-29,39H,16-18H2,1-10H3;/q;+1/p-1/b26-19-;. The van der Waals surface area contributed by atoms with Crippen LogP contribution in [0.4, 0.5) is 0 Å². The van der Waals surface area contributed by atoms with Gasteiger partial charge in [0.1, 0.15) is 23.5 Å². The summed E-state index contributed by atoms with van der Waals surface area (Å²) in [5.74, 6) is 1.01. The summed E-state index contributed by atoms with van der Waals surface area (Å²) in [6.07, 6.45) is 2.46. The van der Waals surface area contributed by atoms with E-state index in [1.807, 2.05) is 12.1 Å². The molecule has 0 spiro atoms. The van der Waals surface area contributed by atoms with Gasteiger partial charge in [0.15, 0.2) is 5.82 Å². The number of esters is 1. The Hall–Kier alpha value is -2.14. The summed E-state index contributed by atoms with van der Waals surface area (Å²) in [7, 11) is 0. The molecule has 4 rings (SSSR count). The minimum atomic E-state index is -0.824. The number of carbonyl (C=O) groups is 1. The first-order valence-corrected chi connectivity index (χ1v) is 14.9. The van der Waals surface area contributed by atoms with Gasteiger partial charge in [-0.1, -0.05) is 93.5 Å². The molecule has 1 fully saturated rings. The second kappa shape index (κ2) is 12.5. The van der Waals surface area contributed by atoms with Gasteiger partial charge in [0.2, 0.25) is 0 Å². The molecule has 2 heterocycles. The summed E-state index contributed by atoms with van der Waals surface area (Å²) >= 11 is 0. The molecule has 4 unspecified atom stereocenters. The van der Waals surface area contributed by atoms with Crippen LogP contribution in [0, 0.1) is 35.2 Å². The number of carbonyl (C=O) groups excluding carboxylic acids is 1. The Kier molecular flexibility index (Phi) is 10.2. The molecule has 0 amide bonds. The summed E-state index contributed by atoms with van der Waals surface area (Å²) in [4.78, 5) is 22.2. The second-order valence-electron chi connectivity index (χ2n) is 15.4. The maximum Gasteiger partial charge on any atom is 1.00 e. The van der Waals surface area contributed by atoms with Crippen molar-refractivity contribution < 1.29 is 44.2 Å². The van der Waals surface area contributed by atoms with Crippen LogP contribution in [0.25, 0.3) is 21.9 Å². The van der Waals surface area contributed by atoms with E-state index in [9.17, 15) is 9.90 Å². The van der Waals surface area contributed by atoms with Gasteiger partial charge in [0.05, 0.1) is 6.42 Å². The number of nitrogens with zero attached hydrogens (tertiary/aromatic N) is 4. The molecular weight excluding hydrogens is 535 g/mol. The molecule has 0 saturated heterocycles. The molecule has 42 heavy (non-hydrogen) atoms. The first-order chi connectivity index (χ1) is 19.0. The number of hydrogen-bond acceptors (Lipinski definition) is 5. The quantitative estimate of drug-likeness (QED) is 0.237. The smallest absolute Gasteiger partial charge is 0.876 e. The summed E-state index contributed by atoms with van der Waals surface area (Å²) in [5, 5.41) is 16.8. The number of benzene rings is 1. The second-order valence-corrected chi connectivity index (χ2v) is 15.4. The maximum atomic E-state index is 13.7. The Labute approximate surface area is 274 Å². The summed E-state index contributed by atoms with van der Waals surface area (Å²) in [5.41, 5.74) is 2.22. The van der Waals surface area contributed by atoms with Crippen molar-refractivity contribution in [2.75, 3.05) is 0 Å². The van der Waals surface area contributed by atoms with Crippen LogP contribution in [-0.4, -0.2) is 32.9 Å². The van der Waals surface area contributed by atoms with Crippen molar-refractivity contribution in [2.45, 2.75) is 112 Å². The van der Waals surface area contributed by atoms with E-state index in [-0.39, 0.29) is 81.8 Å². The average Bonchev–Trinajstić information content (AvgIpc) is 3.40. The van der Waals surface area contributed by atoms with Crippen LogP contribution in [0.15, 0.2) is 30.5 Å². The van der Waals surface area contributed by atoms with E-state index in [0.29, 0.717) is 23.8 Å². The molecule has 4 atom stereocenters. The number of aromatic nitrogens is 3. The van der Waals surface area contributed by atoms with Crippen molar-refractivity contribution in [3.8, 4) is 11.4 Å². The Balaban J connectivity index is 0.00000484. The molecule has 0 bridgehead atoms. The van der Waals surface area contributed by atoms with Gasteiger partial charge < -0.3 is 14.7 Å². The molecule has 1 aromatic heterocycles. The van der Waals surface area contributed by atoms with Gasteiger partial charge >= 0.3 is 35.5 Å². The summed E-state index contributed by atoms with van der Waals surface area (Å²) in [6.45, 7) is 30.0. The molecule has 2 aliphatic rings. The molecule has 2 aromatic rings. The van der Waals surface area contributed by atoms with Gasteiger partial charge in [-0.2, -0.15) is 0 Å². The Morgan fingerprint density at radius 2 is 1.60 bits per heavy atom. The van der Waals surface area contributed by atoms with E-state index < -0.39 is 12.0 Å². The molecule has 1 aliphatic heterocycles. The molecule has 1 aromatic carbocycles.